The van der Waals surface area contributed by atoms with Crippen LogP contribution in [0.4, 0.5) is 0 Å². The number of hydrogen-bond acceptors (Lipinski definition) is 7. The predicted octanol–water partition coefficient (Wildman–Crippen LogP) is 4.51. The Labute approximate surface area is 161 Å². The first-order valence-corrected chi connectivity index (χ1v) is 11.3. The quantitative estimate of drug-likeness (QED) is 0.383. The van der Waals surface area contributed by atoms with Gasteiger partial charge in [0.25, 0.3) is 0 Å². The van der Waals surface area contributed by atoms with Crippen LogP contribution in [0.3, 0.4) is 0 Å². The molecule has 0 saturated heterocycles. The van der Waals surface area contributed by atoms with E-state index in [1.54, 1.807) is 31.6 Å². The smallest absolute Gasteiger partial charge is 0.322 e. The number of ketones is 1. The number of Topliss-reactive ketones (excluding diaryl/α,β-unsaturated/α-hetero) is 1. The van der Waals surface area contributed by atoms with Crippen LogP contribution in [0.5, 0.6) is 0 Å². The number of benzene rings is 1. The highest BCUT2D eigenvalue weighted by Gasteiger charge is 2.28. The number of nitrogens with zero attached hydrogens (tertiary/aromatic N) is 3. The molecule has 0 unspecified atom stereocenters. The third kappa shape index (κ3) is 4.52. The Hall–Kier alpha value is -1.86. The standard InChI is InChI=1S/C18H22N3O4PS/c1-4-24-26(23,25-5-2)11-18-20-16-7-6-14(13(3)22)8-17(16)21(18)10-15-9-19-12-27-15/h6-9,12H,4-5,10-11H2,1-3H3. The molecule has 3 aromatic rings. The van der Waals surface area contributed by atoms with Crippen molar-refractivity contribution in [2.75, 3.05) is 13.2 Å². The molecule has 0 amide bonds. The first-order valence-electron chi connectivity index (χ1n) is 8.71. The maximum absolute atomic E-state index is 13.0. The fraction of sp³-hybridized carbons (Fsp3) is 0.389. The predicted molar refractivity (Wildman–Crippen MR) is 106 cm³/mol. The van der Waals surface area contributed by atoms with E-state index in [0.29, 0.717) is 31.1 Å². The van der Waals surface area contributed by atoms with E-state index in [-0.39, 0.29) is 11.9 Å². The molecule has 0 bridgehead atoms. The van der Waals surface area contributed by atoms with Crippen LogP contribution >= 0.6 is 18.9 Å². The molecule has 0 aliphatic carbocycles. The molecular formula is C18H22N3O4PS. The molecule has 27 heavy (non-hydrogen) atoms. The summed E-state index contributed by atoms with van der Waals surface area (Å²) in [6, 6.07) is 5.38. The van der Waals surface area contributed by atoms with Gasteiger partial charge in [0.05, 0.1) is 36.3 Å². The van der Waals surface area contributed by atoms with Crippen molar-refractivity contribution in [3.63, 3.8) is 0 Å². The van der Waals surface area contributed by atoms with E-state index in [0.717, 1.165) is 15.9 Å². The number of hydrogen-bond donors (Lipinski definition) is 0. The molecule has 0 spiro atoms. The molecule has 0 atom stereocenters. The molecule has 2 heterocycles. The number of aromatic nitrogens is 3. The maximum Gasteiger partial charge on any atom is 0.338 e. The van der Waals surface area contributed by atoms with Crippen LogP contribution in [-0.4, -0.2) is 33.5 Å². The zero-order valence-corrected chi connectivity index (χ0v) is 17.3. The van der Waals surface area contributed by atoms with Crippen LogP contribution < -0.4 is 0 Å². The van der Waals surface area contributed by atoms with Crippen molar-refractivity contribution in [2.45, 2.75) is 33.5 Å². The van der Waals surface area contributed by atoms with E-state index in [1.807, 2.05) is 16.7 Å². The average molecular weight is 407 g/mol. The maximum atomic E-state index is 13.0. The second-order valence-electron chi connectivity index (χ2n) is 5.95. The van der Waals surface area contributed by atoms with Gasteiger partial charge in [0.15, 0.2) is 5.78 Å². The first-order chi connectivity index (χ1) is 13.0. The van der Waals surface area contributed by atoms with Gasteiger partial charge in [-0.2, -0.15) is 0 Å². The lowest BCUT2D eigenvalue weighted by Gasteiger charge is -2.17. The molecule has 9 heteroatoms. The van der Waals surface area contributed by atoms with E-state index in [1.165, 1.54) is 18.3 Å². The summed E-state index contributed by atoms with van der Waals surface area (Å²) in [7, 11) is -3.31. The van der Waals surface area contributed by atoms with Gasteiger partial charge < -0.3 is 13.6 Å². The SMILES string of the molecule is CCOP(=O)(Cc1nc2ccc(C(C)=O)cc2n1Cc1cncs1)OCC. The van der Waals surface area contributed by atoms with Crippen molar-refractivity contribution in [2.24, 2.45) is 0 Å². The van der Waals surface area contributed by atoms with E-state index < -0.39 is 7.60 Å². The normalized spacial score (nSPS) is 12.0. The largest absolute Gasteiger partial charge is 0.338 e. The lowest BCUT2D eigenvalue weighted by molar-refractivity contribution is 0.101. The molecule has 0 aliphatic heterocycles. The van der Waals surface area contributed by atoms with Crippen molar-refractivity contribution < 1.29 is 18.4 Å². The summed E-state index contributed by atoms with van der Waals surface area (Å²) in [4.78, 5) is 21.6. The van der Waals surface area contributed by atoms with E-state index in [9.17, 15) is 9.36 Å². The molecule has 0 fully saturated rings. The second kappa shape index (κ2) is 8.44. The summed E-state index contributed by atoms with van der Waals surface area (Å²) in [6.07, 6.45) is 1.86. The fourth-order valence-electron chi connectivity index (χ4n) is 2.86. The zero-order chi connectivity index (χ0) is 19.4. The number of thiazole rings is 1. The summed E-state index contributed by atoms with van der Waals surface area (Å²) < 4.78 is 25.9. The Balaban J connectivity index is 2.09. The highest BCUT2D eigenvalue weighted by Crippen LogP contribution is 2.51. The Kier molecular flexibility index (Phi) is 6.22. The van der Waals surface area contributed by atoms with Gasteiger partial charge in [-0.1, -0.05) is 0 Å². The van der Waals surface area contributed by atoms with Crippen LogP contribution in [0.2, 0.25) is 0 Å². The average Bonchev–Trinajstić information content (AvgIpc) is 3.23. The van der Waals surface area contributed by atoms with E-state index in [4.69, 9.17) is 9.05 Å². The highest BCUT2D eigenvalue weighted by atomic mass is 32.1. The van der Waals surface area contributed by atoms with Crippen molar-refractivity contribution in [1.82, 2.24) is 14.5 Å². The third-order valence-electron chi connectivity index (χ3n) is 4.02. The molecule has 2 aromatic heterocycles. The van der Waals surface area contributed by atoms with Gasteiger partial charge in [0.1, 0.15) is 12.0 Å². The molecule has 3 rings (SSSR count). The summed E-state index contributed by atoms with van der Waals surface area (Å²) in [6.45, 7) is 6.21. The summed E-state index contributed by atoms with van der Waals surface area (Å²) in [5, 5.41) is 0. The Morgan fingerprint density at radius 1 is 1.26 bits per heavy atom. The lowest BCUT2D eigenvalue weighted by Crippen LogP contribution is -2.07. The zero-order valence-electron chi connectivity index (χ0n) is 15.5. The molecule has 0 N–H and O–H groups in total. The second-order valence-corrected chi connectivity index (χ2v) is 8.97. The van der Waals surface area contributed by atoms with Crippen LogP contribution in [0.1, 0.15) is 41.8 Å². The van der Waals surface area contributed by atoms with Gasteiger partial charge in [0.2, 0.25) is 0 Å². The van der Waals surface area contributed by atoms with Crippen LogP contribution in [0.25, 0.3) is 11.0 Å². The number of rotatable bonds is 9. The molecule has 7 nitrogen and oxygen atoms in total. The minimum absolute atomic E-state index is 0.0155. The molecule has 1 aromatic carbocycles. The minimum Gasteiger partial charge on any atom is -0.322 e. The monoisotopic (exact) mass is 407 g/mol. The Bertz CT molecular complexity index is 974. The van der Waals surface area contributed by atoms with Gasteiger partial charge >= 0.3 is 7.60 Å². The third-order valence-corrected chi connectivity index (χ3v) is 6.76. The fourth-order valence-corrected chi connectivity index (χ4v) is 5.07. The van der Waals surface area contributed by atoms with Crippen molar-refractivity contribution in [1.29, 1.82) is 0 Å². The highest BCUT2D eigenvalue weighted by molar-refractivity contribution is 7.53. The summed E-state index contributed by atoms with van der Waals surface area (Å²) in [5.74, 6) is 0.586. The van der Waals surface area contributed by atoms with Crippen LogP contribution in [0.15, 0.2) is 29.9 Å². The van der Waals surface area contributed by atoms with Gasteiger partial charge in [0, 0.05) is 16.6 Å². The molecule has 0 saturated carbocycles. The van der Waals surface area contributed by atoms with Crippen LogP contribution in [-0.2, 0) is 26.3 Å². The first kappa shape index (κ1) is 19.9. The van der Waals surface area contributed by atoms with Crippen molar-refractivity contribution >= 4 is 35.7 Å². The number of fused-ring (bicyclic) bond motifs is 1. The van der Waals surface area contributed by atoms with Gasteiger partial charge in [-0.05, 0) is 39.0 Å². The molecule has 0 radical (unpaired) electrons. The van der Waals surface area contributed by atoms with E-state index in [2.05, 4.69) is 9.97 Å². The Morgan fingerprint density at radius 2 is 2.00 bits per heavy atom. The minimum atomic E-state index is -3.31. The van der Waals surface area contributed by atoms with Crippen molar-refractivity contribution in [3.8, 4) is 0 Å². The molecule has 0 aliphatic rings. The van der Waals surface area contributed by atoms with Gasteiger partial charge in [-0.15, -0.1) is 11.3 Å². The molecular weight excluding hydrogens is 385 g/mol. The van der Waals surface area contributed by atoms with E-state index >= 15 is 0 Å². The topological polar surface area (TPSA) is 83.3 Å². The summed E-state index contributed by atoms with van der Waals surface area (Å²) >= 11 is 1.53. The number of carbonyl (C=O) groups is 1. The lowest BCUT2D eigenvalue weighted by atomic mass is 10.1. The van der Waals surface area contributed by atoms with Crippen LogP contribution in [0, 0.1) is 0 Å². The van der Waals surface area contributed by atoms with Crippen molar-refractivity contribution in [3.05, 3.63) is 46.2 Å². The van der Waals surface area contributed by atoms with Gasteiger partial charge in [-0.25, -0.2) is 4.98 Å². The summed E-state index contributed by atoms with van der Waals surface area (Å²) in [5.41, 5.74) is 3.92. The number of carbonyl (C=O) groups excluding carboxylic acids is 1. The molecule has 144 valence electrons. The Morgan fingerprint density at radius 3 is 2.59 bits per heavy atom. The number of imidazole rings is 1. The van der Waals surface area contributed by atoms with Gasteiger partial charge in [-0.3, -0.25) is 14.3 Å².